The van der Waals surface area contributed by atoms with Crippen molar-refractivity contribution in [2.45, 2.75) is 65.0 Å². The third kappa shape index (κ3) is 4.26. The first-order chi connectivity index (χ1) is 12.5. The molecule has 0 aliphatic carbocycles. The Balaban J connectivity index is 1.52. The van der Waals surface area contributed by atoms with Gasteiger partial charge < -0.3 is 10.2 Å². The van der Waals surface area contributed by atoms with E-state index in [1.54, 1.807) is 0 Å². The molecule has 2 saturated heterocycles. The molecule has 3 rings (SSSR count). The van der Waals surface area contributed by atoms with Crippen molar-refractivity contribution >= 4 is 17.5 Å². The molecule has 1 aromatic carbocycles. The standard InChI is InChI=1S/C21H31N3O2/c1-15-7-8-18(14-16(15)2)22-21(26)17(3)23-12-9-19(10-13-23)24-11-5-4-6-20(24)25/h7-8,14,17,19H,4-6,9-13H2,1-3H3,(H,22,26). The van der Waals surface area contributed by atoms with E-state index < -0.39 is 0 Å². The van der Waals surface area contributed by atoms with Crippen molar-refractivity contribution < 1.29 is 9.59 Å². The summed E-state index contributed by atoms with van der Waals surface area (Å²) in [7, 11) is 0. The van der Waals surface area contributed by atoms with Crippen molar-refractivity contribution in [3.05, 3.63) is 29.3 Å². The predicted octanol–water partition coefficient (Wildman–Crippen LogP) is 3.11. The summed E-state index contributed by atoms with van der Waals surface area (Å²) in [5.41, 5.74) is 3.27. The fraction of sp³-hybridized carbons (Fsp3) is 0.619. The summed E-state index contributed by atoms with van der Waals surface area (Å²) < 4.78 is 0. The van der Waals surface area contributed by atoms with Crippen LogP contribution in [0.3, 0.4) is 0 Å². The minimum absolute atomic E-state index is 0.0424. The van der Waals surface area contributed by atoms with Crippen LogP contribution in [0.4, 0.5) is 5.69 Å². The third-order valence-electron chi connectivity index (χ3n) is 6.00. The summed E-state index contributed by atoms with van der Waals surface area (Å²) in [5.74, 6) is 0.357. The van der Waals surface area contributed by atoms with Gasteiger partial charge in [-0.3, -0.25) is 14.5 Å². The van der Waals surface area contributed by atoms with Crippen LogP contribution in [0.2, 0.25) is 0 Å². The number of nitrogens with one attached hydrogen (secondary N) is 1. The number of piperidine rings is 2. The van der Waals surface area contributed by atoms with E-state index in [2.05, 4.69) is 29.0 Å². The molecule has 2 heterocycles. The number of amides is 2. The topological polar surface area (TPSA) is 52.7 Å². The third-order valence-corrected chi connectivity index (χ3v) is 6.00. The molecule has 142 valence electrons. The maximum absolute atomic E-state index is 12.6. The van der Waals surface area contributed by atoms with Gasteiger partial charge in [0, 0.05) is 37.8 Å². The fourth-order valence-corrected chi connectivity index (χ4v) is 4.03. The summed E-state index contributed by atoms with van der Waals surface area (Å²) in [6.45, 7) is 8.75. The zero-order valence-electron chi connectivity index (χ0n) is 16.3. The maximum atomic E-state index is 12.6. The molecule has 0 bridgehead atoms. The molecule has 1 atom stereocenters. The number of rotatable bonds is 4. The normalized spacial score (nSPS) is 20.9. The Kier molecular flexibility index (Phi) is 5.97. The van der Waals surface area contributed by atoms with Crippen molar-refractivity contribution in [2.75, 3.05) is 25.0 Å². The Morgan fingerprint density at radius 2 is 1.85 bits per heavy atom. The molecule has 5 heteroatoms. The summed E-state index contributed by atoms with van der Waals surface area (Å²) in [6, 6.07) is 6.22. The Bertz CT molecular complexity index is 665. The smallest absolute Gasteiger partial charge is 0.241 e. The predicted molar refractivity (Wildman–Crippen MR) is 104 cm³/mol. The van der Waals surface area contributed by atoms with E-state index in [0.29, 0.717) is 18.4 Å². The lowest BCUT2D eigenvalue weighted by molar-refractivity contribution is -0.137. The molecule has 2 amide bonds. The van der Waals surface area contributed by atoms with Gasteiger partial charge in [0.25, 0.3) is 0 Å². The van der Waals surface area contributed by atoms with E-state index in [1.165, 1.54) is 11.1 Å². The Hall–Kier alpha value is -1.88. The van der Waals surface area contributed by atoms with Gasteiger partial charge in [-0.05, 0) is 69.7 Å². The van der Waals surface area contributed by atoms with Gasteiger partial charge in [-0.1, -0.05) is 6.07 Å². The summed E-state index contributed by atoms with van der Waals surface area (Å²) in [4.78, 5) is 29.1. The van der Waals surface area contributed by atoms with E-state index in [9.17, 15) is 9.59 Å². The average molecular weight is 357 g/mol. The van der Waals surface area contributed by atoms with Gasteiger partial charge in [0.1, 0.15) is 0 Å². The first kappa shape index (κ1) is 18.9. The molecule has 5 nitrogen and oxygen atoms in total. The number of anilines is 1. The van der Waals surface area contributed by atoms with E-state index in [1.807, 2.05) is 25.1 Å². The highest BCUT2D eigenvalue weighted by atomic mass is 16.2. The Labute approximate surface area is 156 Å². The molecule has 0 saturated carbocycles. The Morgan fingerprint density at radius 3 is 2.50 bits per heavy atom. The summed E-state index contributed by atoms with van der Waals surface area (Å²) in [6.07, 6.45) is 4.79. The number of likely N-dealkylation sites (tertiary alicyclic amines) is 2. The fourth-order valence-electron chi connectivity index (χ4n) is 4.03. The van der Waals surface area contributed by atoms with Crippen LogP contribution in [0.25, 0.3) is 0 Å². The first-order valence-electron chi connectivity index (χ1n) is 9.87. The van der Waals surface area contributed by atoms with Gasteiger partial charge >= 0.3 is 0 Å². The zero-order chi connectivity index (χ0) is 18.7. The van der Waals surface area contributed by atoms with Gasteiger partial charge in [-0.15, -0.1) is 0 Å². The molecule has 26 heavy (non-hydrogen) atoms. The van der Waals surface area contributed by atoms with Crippen molar-refractivity contribution in [1.82, 2.24) is 9.80 Å². The van der Waals surface area contributed by atoms with Crippen LogP contribution >= 0.6 is 0 Å². The molecule has 1 unspecified atom stereocenters. The first-order valence-corrected chi connectivity index (χ1v) is 9.87. The van der Waals surface area contributed by atoms with E-state index in [4.69, 9.17) is 0 Å². The van der Waals surface area contributed by atoms with Crippen molar-refractivity contribution in [3.8, 4) is 0 Å². The number of benzene rings is 1. The monoisotopic (exact) mass is 357 g/mol. The number of hydrogen-bond acceptors (Lipinski definition) is 3. The van der Waals surface area contributed by atoms with E-state index in [-0.39, 0.29) is 11.9 Å². The van der Waals surface area contributed by atoms with Crippen LogP contribution in [-0.4, -0.2) is 53.3 Å². The molecule has 2 fully saturated rings. The summed E-state index contributed by atoms with van der Waals surface area (Å²) >= 11 is 0. The van der Waals surface area contributed by atoms with Crippen LogP contribution in [0.5, 0.6) is 0 Å². The second-order valence-corrected chi connectivity index (χ2v) is 7.78. The van der Waals surface area contributed by atoms with Crippen LogP contribution in [-0.2, 0) is 9.59 Å². The van der Waals surface area contributed by atoms with Gasteiger partial charge in [-0.2, -0.15) is 0 Å². The number of carbonyl (C=O) groups excluding carboxylic acids is 2. The van der Waals surface area contributed by atoms with Gasteiger partial charge in [0.05, 0.1) is 6.04 Å². The molecule has 0 radical (unpaired) electrons. The highest BCUT2D eigenvalue weighted by molar-refractivity contribution is 5.94. The van der Waals surface area contributed by atoms with Crippen LogP contribution in [0.15, 0.2) is 18.2 Å². The molecular weight excluding hydrogens is 326 g/mol. The molecule has 1 N–H and O–H groups in total. The van der Waals surface area contributed by atoms with E-state index in [0.717, 1.165) is 51.0 Å². The second-order valence-electron chi connectivity index (χ2n) is 7.78. The van der Waals surface area contributed by atoms with Gasteiger partial charge in [0.2, 0.25) is 11.8 Å². The molecule has 2 aliphatic rings. The molecular formula is C21H31N3O2. The van der Waals surface area contributed by atoms with Crippen molar-refractivity contribution in [2.24, 2.45) is 0 Å². The maximum Gasteiger partial charge on any atom is 0.241 e. The van der Waals surface area contributed by atoms with Crippen LogP contribution in [0.1, 0.15) is 50.2 Å². The molecule has 0 aromatic heterocycles. The quantitative estimate of drug-likeness (QED) is 0.901. The molecule has 0 spiro atoms. The van der Waals surface area contributed by atoms with E-state index >= 15 is 0 Å². The number of nitrogens with zero attached hydrogens (tertiary/aromatic N) is 2. The van der Waals surface area contributed by atoms with Crippen molar-refractivity contribution in [3.63, 3.8) is 0 Å². The number of aryl methyl sites for hydroxylation is 2. The Morgan fingerprint density at radius 1 is 1.12 bits per heavy atom. The molecule has 1 aromatic rings. The highest BCUT2D eigenvalue weighted by Gasteiger charge is 2.32. The number of hydrogen-bond donors (Lipinski definition) is 1. The lowest BCUT2D eigenvalue weighted by Gasteiger charge is -2.41. The largest absolute Gasteiger partial charge is 0.340 e. The van der Waals surface area contributed by atoms with Crippen LogP contribution < -0.4 is 5.32 Å². The van der Waals surface area contributed by atoms with Gasteiger partial charge in [-0.25, -0.2) is 0 Å². The van der Waals surface area contributed by atoms with Crippen LogP contribution in [0, 0.1) is 13.8 Å². The minimum Gasteiger partial charge on any atom is -0.340 e. The average Bonchev–Trinajstić information content (AvgIpc) is 2.65. The highest BCUT2D eigenvalue weighted by Crippen LogP contribution is 2.23. The minimum atomic E-state index is -0.158. The lowest BCUT2D eigenvalue weighted by Crippen LogP contribution is -2.52. The lowest BCUT2D eigenvalue weighted by atomic mass is 9.98. The van der Waals surface area contributed by atoms with Gasteiger partial charge in [0.15, 0.2) is 0 Å². The summed E-state index contributed by atoms with van der Waals surface area (Å²) in [5, 5.41) is 3.04. The second kappa shape index (κ2) is 8.21. The SMILES string of the molecule is Cc1ccc(NC(=O)C(C)N2CCC(N3CCCCC3=O)CC2)cc1C. The number of carbonyl (C=O) groups is 2. The van der Waals surface area contributed by atoms with Crippen molar-refractivity contribution in [1.29, 1.82) is 0 Å². The zero-order valence-corrected chi connectivity index (χ0v) is 16.3. The molecule has 2 aliphatic heterocycles.